The number of pyridine rings is 1. The summed E-state index contributed by atoms with van der Waals surface area (Å²) in [6, 6.07) is 6.33. The lowest BCUT2D eigenvalue weighted by molar-refractivity contribution is -0.388. The van der Waals surface area contributed by atoms with Crippen LogP contribution in [0.2, 0.25) is 5.02 Å². The molecular formula is C24H30ClF3N6O3. The predicted molar refractivity (Wildman–Crippen MR) is 136 cm³/mol. The zero-order chi connectivity index (χ0) is 25.9. The number of hydrogen-bond acceptors (Lipinski definition) is 7. The fourth-order valence-electron chi connectivity index (χ4n) is 4.52. The van der Waals surface area contributed by atoms with Crippen LogP contribution in [0, 0.1) is 10.1 Å². The number of rotatable bonds is 7. The quantitative estimate of drug-likeness (QED) is 0.406. The first-order chi connectivity index (χ1) is 17.1. The molecule has 9 nitrogen and oxygen atoms in total. The molecule has 1 aromatic heterocycles. The van der Waals surface area contributed by atoms with Gasteiger partial charge in [0, 0.05) is 76.2 Å². The number of benzene rings is 1. The fourth-order valence-corrected chi connectivity index (χ4v) is 4.63. The minimum atomic E-state index is -4.84. The fraction of sp³-hybridized carbons (Fsp3) is 0.500. The number of hydrogen-bond donors (Lipinski definition) is 1. The lowest BCUT2D eigenvalue weighted by Gasteiger charge is -2.35. The highest BCUT2D eigenvalue weighted by molar-refractivity contribution is 6.30. The molecule has 0 unspecified atom stereocenters. The van der Waals surface area contributed by atoms with Crippen molar-refractivity contribution in [3.8, 4) is 0 Å². The number of alkyl halides is 3. The molecule has 0 radical (unpaired) electrons. The average Bonchev–Trinajstić information content (AvgIpc) is 3.31. The molecule has 13 heteroatoms. The van der Waals surface area contributed by atoms with Crippen molar-refractivity contribution in [1.82, 2.24) is 14.8 Å². The number of aromatic nitrogens is 1. The van der Waals surface area contributed by atoms with Gasteiger partial charge in [0.15, 0.2) is 0 Å². The first-order valence-corrected chi connectivity index (χ1v) is 12.0. The van der Waals surface area contributed by atoms with E-state index in [1.165, 1.54) is 6.07 Å². The number of likely N-dealkylation sites (tertiary alicyclic amines) is 1. The highest BCUT2D eigenvalue weighted by Crippen LogP contribution is 2.37. The number of nitro benzene ring substituents is 1. The van der Waals surface area contributed by atoms with Crippen molar-refractivity contribution in [2.75, 3.05) is 56.0 Å². The molecule has 0 spiro atoms. The zero-order valence-corrected chi connectivity index (χ0v) is 20.1. The van der Waals surface area contributed by atoms with Crippen LogP contribution >= 0.6 is 11.6 Å². The number of piperazine rings is 1. The summed E-state index contributed by atoms with van der Waals surface area (Å²) in [5.41, 5.74) is -2.14. The van der Waals surface area contributed by atoms with E-state index in [4.69, 9.17) is 11.6 Å². The Bertz CT molecular complexity index is 1090. The molecule has 202 valence electrons. The molecular weight excluding hydrogens is 513 g/mol. The molecule has 0 aliphatic carbocycles. The normalized spacial score (nSPS) is 18.4. The smallest absolute Gasteiger partial charge is 0.380 e. The minimum absolute atomic E-state index is 0. The molecule has 0 saturated carbocycles. The Hall–Kier alpha value is -3.12. The zero-order valence-electron chi connectivity index (χ0n) is 19.4. The van der Waals surface area contributed by atoms with Crippen LogP contribution in [0.4, 0.5) is 30.4 Å². The highest BCUT2D eigenvalue weighted by atomic mass is 35.5. The van der Waals surface area contributed by atoms with E-state index >= 15 is 0 Å². The maximum absolute atomic E-state index is 13.2. The van der Waals surface area contributed by atoms with Crippen molar-refractivity contribution >= 4 is 34.7 Å². The first-order valence-electron chi connectivity index (χ1n) is 11.6. The number of amides is 1. The van der Waals surface area contributed by atoms with E-state index in [2.05, 4.69) is 20.1 Å². The Morgan fingerprint density at radius 3 is 2.51 bits per heavy atom. The van der Waals surface area contributed by atoms with Crippen LogP contribution in [0.5, 0.6) is 0 Å². The van der Waals surface area contributed by atoms with Crippen molar-refractivity contribution in [1.29, 1.82) is 0 Å². The van der Waals surface area contributed by atoms with Crippen molar-refractivity contribution in [2.24, 2.45) is 0 Å². The molecule has 1 atom stereocenters. The summed E-state index contributed by atoms with van der Waals surface area (Å²) in [6.45, 7) is 4.72. The number of anilines is 2. The molecule has 0 bridgehead atoms. The molecule has 2 fully saturated rings. The molecule has 1 N–H and O–H groups in total. The van der Waals surface area contributed by atoms with Crippen LogP contribution < -0.4 is 10.2 Å². The van der Waals surface area contributed by atoms with Gasteiger partial charge in [-0.05, 0) is 30.7 Å². The largest absolute Gasteiger partial charge is 0.423 e. The summed E-state index contributed by atoms with van der Waals surface area (Å²) in [7, 11) is 0. The van der Waals surface area contributed by atoms with Crippen LogP contribution in [-0.2, 0) is 11.0 Å². The van der Waals surface area contributed by atoms with Gasteiger partial charge >= 0.3 is 6.18 Å². The molecule has 2 saturated heterocycles. The topological polar surface area (TPSA) is 94.9 Å². The second-order valence-corrected chi connectivity index (χ2v) is 9.31. The standard InChI is InChI=1S/C23H26ClF3N6O3.CH4/c24-16-1-4-21(28-14-16)31-11-9-30(10-12-31)7-6-22(34)32-8-5-18(15-32)29-17-2-3-20(33(35)36)19(13-17)23(25,26)27;/h1-4,13-14,18,29H,5-12,15H2;1H4/t18-;/m1./s1. The van der Waals surface area contributed by atoms with E-state index in [9.17, 15) is 28.1 Å². The van der Waals surface area contributed by atoms with Crippen LogP contribution in [-0.4, -0.2) is 77.5 Å². The molecule has 2 aliphatic rings. The maximum Gasteiger partial charge on any atom is 0.423 e. The second kappa shape index (κ2) is 12.0. The Kier molecular flexibility index (Phi) is 9.19. The molecule has 1 amide bonds. The highest BCUT2D eigenvalue weighted by Gasteiger charge is 2.38. The van der Waals surface area contributed by atoms with Gasteiger partial charge in [-0.3, -0.25) is 19.8 Å². The third-order valence-corrected chi connectivity index (χ3v) is 6.68. The summed E-state index contributed by atoms with van der Waals surface area (Å²) in [5, 5.41) is 14.5. The van der Waals surface area contributed by atoms with Gasteiger partial charge in [0.25, 0.3) is 5.69 Å². The molecule has 3 heterocycles. The van der Waals surface area contributed by atoms with Gasteiger partial charge in [-0.25, -0.2) is 4.98 Å². The number of nitrogens with one attached hydrogen (secondary N) is 1. The Balaban J connectivity index is 0.00000380. The van der Waals surface area contributed by atoms with Gasteiger partial charge in [-0.2, -0.15) is 13.2 Å². The summed E-state index contributed by atoms with van der Waals surface area (Å²) < 4.78 is 39.7. The van der Waals surface area contributed by atoms with Crippen LogP contribution in [0.25, 0.3) is 0 Å². The van der Waals surface area contributed by atoms with Crippen molar-refractivity contribution in [2.45, 2.75) is 32.5 Å². The molecule has 2 aromatic rings. The minimum Gasteiger partial charge on any atom is -0.380 e. The summed E-state index contributed by atoms with van der Waals surface area (Å²) in [5.74, 6) is 0.877. The Labute approximate surface area is 218 Å². The van der Waals surface area contributed by atoms with E-state index in [1.54, 1.807) is 11.1 Å². The van der Waals surface area contributed by atoms with Gasteiger partial charge < -0.3 is 15.1 Å². The summed E-state index contributed by atoms with van der Waals surface area (Å²) >= 11 is 5.89. The Morgan fingerprint density at radius 2 is 1.89 bits per heavy atom. The van der Waals surface area contributed by atoms with Crippen LogP contribution in [0.3, 0.4) is 0 Å². The molecule has 37 heavy (non-hydrogen) atoms. The van der Waals surface area contributed by atoms with E-state index in [0.717, 1.165) is 44.1 Å². The molecule has 2 aliphatic heterocycles. The van der Waals surface area contributed by atoms with Gasteiger partial charge in [-0.15, -0.1) is 0 Å². The van der Waals surface area contributed by atoms with Crippen molar-refractivity contribution in [3.05, 3.63) is 57.2 Å². The summed E-state index contributed by atoms with van der Waals surface area (Å²) in [6.07, 6.45) is -2.27. The average molecular weight is 543 g/mol. The summed E-state index contributed by atoms with van der Waals surface area (Å²) in [4.78, 5) is 33.1. The first kappa shape index (κ1) is 28.5. The number of nitro groups is 1. The third kappa shape index (κ3) is 7.22. The maximum atomic E-state index is 13.2. The van der Waals surface area contributed by atoms with Crippen LogP contribution in [0.1, 0.15) is 25.8 Å². The predicted octanol–water partition coefficient (Wildman–Crippen LogP) is 4.52. The van der Waals surface area contributed by atoms with E-state index in [1.807, 2.05) is 12.1 Å². The van der Waals surface area contributed by atoms with Crippen molar-refractivity contribution in [3.63, 3.8) is 0 Å². The molecule has 1 aromatic carbocycles. The second-order valence-electron chi connectivity index (χ2n) is 8.87. The Morgan fingerprint density at radius 1 is 1.16 bits per heavy atom. The number of carbonyl (C=O) groups excluding carboxylic acids is 1. The lowest BCUT2D eigenvalue weighted by Crippen LogP contribution is -2.47. The lowest BCUT2D eigenvalue weighted by atomic mass is 10.1. The number of carbonyl (C=O) groups is 1. The van der Waals surface area contributed by atoms with E-state index in [0.29, 0.717) is 37.5 Å². The number of halogens is 4. The van der Waals surface area contributed by atoms with E-state index in [-0.39, 0.29) is 25.1 Å². The van der Waals surface area contributed by atoms with Gasteiger partial charge in [0.05, 0.1) is 9.95 Å². The number of nitrogens with zero attached hydrogens (tertiary/aromatic N) is 5. The van der Waals surface area contributed by atoms with Gasteiger partial charge in [0.1, 0.15) is 11.4 Å². The molecule has 4 rings (SSSR count). The monoisotopic (exact) mass is 542 g/mol. The van der Waals surface area contributed by atoms with Crippen LogP contribution in [0.15, 0.2) is 36.5 Å². The van der Waals surface area contributed by atoms with Crippen molar-refractivity contribution < 1.29 is 22.9 Å². The van der Waals surface area contributed by atoms with E-state index < -0.39 is 22.4 Å². The van der Waals surface area contributed by atoms with Gasteiger partial charge in [-0.1, -0.05) is 19.0 Å². The van der Waals surface area contributed by atoms with Gasteiger partial charge in [0.2, 0.25) is 5.91 Å². The SMILES string of the molecule is C.O=C(CCN1CCN(c2ccc(Cl)cn2)CC1)N1CC[C@@H](Nc2ccc([N+](=O)[O-])c(C(F)(F)F)c2)C1. The third-order valence-electron chi connectivity index (χ3n) is 6.46.